The first kappa shape index (κ1) is 35.9. The molecule has 0 bridgehead atoms. The van der Waals surface area contributed by atoms with Crippen molar-refractivity contribution in [1.29, 1.82) is 0 Å². The maximum absolute atomic E-state index is 14.1. The number of rotatable bonds is 11. The maximum Gasteiger partial charge on any atom is 0.415 e. The van der Waals surface area contributed by atoms with Crippen LogP contribution in [0.25, 0.3) is 0 Å². The molecule has 8 heteroatoms. The lowest BCUT2D eigenvalue weighted by atomic mass is 9.63. The highest BCUT2D eigenvalue weighted by atomic mass is 16.6. The Morgan fingerprint density at radius 3 is 2.04 bits per heavy atom. The second-order valence-corrected chi connectivity index (χ2v) is 15.5. The number of aromatic carboxylic acids is 1. The largest absolute Gasteiger partial charge is 0.478 e. The third kappa shape index (κ3) is 8.02. The molecule has 0 saturated heterocycles. The fraction of sp³-hybridized carbons (Fsp3) is 0.372. The van der Waals surface area contributed by atoms with Gasteiger partial charge in [-0.2, -0.15) is 0 Å². The van der Waals surface area contributed by atoms with E-state index in [1.807, 2.05) is 24.3 Å². The van der Waals surface area contributed by atoms with E-state index in [1.165, 1.54) is 28.8 Å². The molecule has 1 fully saturated rings. The normalized spacial score (nSPS) is 18.4. The Labute approximate surface area is 301 Å². The third-order valence-electron chi connectivity index (χ3n) is 10.9. The summed E-state index contributed by atoms with van der Waals surface area (Å²) in [6.07, 6.45) is 2.84. The Morgan fingerprint density at radius 1 is 0.765 bits per heavy atom. The molecule has 0 spiro atoms. The summed E-state index contributed by atoms with van der Waals surface area (Å²) in [7, 11) is 3.86. The summed E-state index contributed by atoms with van der Waals surface area (Å²) in [5.41, 5.74) is 6.04. The molecule has 4 aromatic rings. The molecule has 0 radical (unpaired) electrons. The number of benzene rings is 4. The monoisotopic (exact) mass is 687 g/mol. The first-order valence-electron chi connectivity index (χ1n) is 17.8. The zero-order chi connectivity index (χ0) is 36.5. The van der Waals surface area contributed by atoms with Gasteiger partial charge in [-0.3, -0.25) is 4.79 Å². The van der Waals surface area contributed by atoms with Crippen molar-refractivity contribution < 1.29 is 24.2 Å². The molecule has 1 saturated carbocycles. The SMILES string of the molecule is CN(CCN(C)C1CC1c1ccccc1)C(=O)Oc1ccc(CN(C(=O)c2ccc(C(=O)O)cc2)c2ccc3c(c2)C(C)(C)CCC3(C)C)cc1. The lowest BCUT2D eigenvalue weighted by Gasteiger charge is -2.42. The minimum Gasteiger partial charge on any atom is -0.478 e. The van der Waals surface area contributed by atoms with E-state index in [4.69, 9.17) is 4.74 Å². The summed E-state index contributed by atoms with van der Waals surface area (Å²) < 4.78 is 5.71. The van der Waals surface area contributed by atoms with E-state index < -0.39 is 12.1 Å². The number of carbonyl (C=O) groups excluding carboxylic acids is 2. The quantitative estimate of drug-likeness (QED) is 0.170. The Kier molecular flexibility index (Phi) is 10.1. The van der Waals surface area contributed by atoms with E-state index in [2.05, 4.69) is 76.0 Å². The predicted octanol–water partition coefficient (Wildman–Crippen LogP) is 8.50. The molecule has 51 heavy (non-hydrogen) atoms. The van der Waals surface area contributed by atoms with Gasteiger partial charge in [-0.25, -0.2) is 9.59 Å². The highest BCUT2D eigenvalue weighted by Gasteiger charge is 2.41. The molecule has 0 aromatic heterocycles. The molecule has 6 rings (SSSR count). The van der Waals surface area contributed by atoms with Gasteiger partial charge in [0.1, 0.15) is 5.75 Å². The number of carboxylic acids is 1. The van der Waals surface area contributed by atoms with Crippen LogP contribution in [0.3, 0.4) is 0 Å². The van der Waals surface area contributed by atoms with E-state index in [-0.39, 0.29) is 28.8 Å². The molecule has 2 atom stereocenters. The van der Waals surface area contributed by atoms with Gasteiger partial charge in [0.05, 0.1) is 12.1 Å². The van der Waals surface area contributed by atoms with Crippen LogP contribution in [-0.4, -0.2) is 66.1 Å². The summed E-state index contributed by atoms with van der Waals surface area (Å²) in [5, 5.41) is 9.39. The van der Waals surface area contributed by atoms with Gasteiger partial charge in [0.15, 0.2) is 0 Å². The van der Waals surface area contributed by atoms with Crippen molar-refractivity contribution in [2.75, 3.05) is 32.1 Å². The molecule has 266 valence electrons. The summed E-state index contributed by atoms with van der Waals surface area (Å²) in [4.78, 5) is 44.2. The number of nitrogens with zero attached hydrogens (tertiary/aromatic N) is 3. The zero-order valence-electron chi connectivity index (χ0n) is 30.6. The summed E-state index contributed by atoms with van der Waals surface area (Å²) in [6.45, 7) is 10.6. The number of hydrogen-bond donors (Lipinski definition) is 1. The maximum atomic E-state index is 14.1. The van der Waals surface area contributed by atoms with Crippen LogP contribution in [0.1, 0.15) is 95.8 Å². The van der Waals surface area contributed by atoms with Gasteiger partial charge in [0.25, 0.3) is 5.91 Å². The predicted molar refractivity (Wildman–Crippen MR) is 201 cm³/mol. The smallest absolute Gasteiger partial charge is 0.415 e. The van der Waals surface area contributed by atoms with Crippen molar-refractivity contribution in [2.45, 2.75) is 76.3 Å². The third-order valence-corrected chi connectivity index (χ3v) is 10.9. The number of fused-ring (bicyclic) bond motifs is 1. The van der Waals surface area contributed by atoms with Crippen LogP contribution in [0, 0.1) is 0 Å². The summed E-state index contributed by atoms with van der Waals surface area (Å²) in [6, 6.07) is 30.6. The number of anilines is 1. The van der Waals surface area contributed by atoms with Gasteiger partial charge in [0.2, 0.25) is 0 Å². The highest BCUT2D eigenvalue weighted by Crippen LogP contribution is 2.47. The van der Waals surface area contributed by atoms with E-state index in [1.54, 1.807) is 41.1 Å². The van der Waals surface area contributed by atoms with E-state index in [0.29, 0.717) is 29.8 Å². The van der Waals surface area contributed by atoms with Gasteiger partial charge >= 0.3 is 12.1 Å². The van der Waals surface area contributed by atoms with Crippen molar-refractivity contribution in [3.8, 4) is 5.75 Å². The Morgan fingerprint density at radius 2 is 1.39 bits per heavy atom. The molecule has 1 N–H and O–H groups in total. The lowest BCUT2D eigenvalue weighted by molar-refractivity contribution is 0.0696. The van der Waals surface area contributed by atoms with Gasteiger partial charge < -0.3 is 24.5 Å². The fourth-order valence-electron chi connectivity index (χ4n) is 7.25. The van der Waals surface area contributed by atoms with Crippen LogP contribution in [0.2, 0.25) is 0 Å². The van der Waals surface area contributed by atoms with Crippen LogP contribution in [0.15, 0.2) is 97.1 Å². The van der Waals surface area contributed by atoms with Gasteiger partial charge in [0, 0.05) is 43.3 Å². The molecular weight excluding hydrogens is 638 g/mol. The summed E-state index contributed by atoms with van der Waals surface area (Å²) in [5.74, 6) is -0.305. The van der Waals surface area contributed by atoms with Crippen LogP contribution >= 0.6 is 0 Å². The van der Waals surface area contributed by atoms with Crippen molar-refractivity contribution >= 4 is 23.7 Å². The number of likely N-dealkylation sites (N-methyl/N-ethyl adjacent to an activating group) is 2. The number of hydrogen-bond acceptors (Lipinski definition) is 5. The Bertz CT molecular complexity index is 1890. The van der Waals surface area contributed by atoms with Crippen LogP contribution in [0.4, 0.5) is 10.5 Å². The molecule has 4 aromatic carbocycles. The first-order chi connectivity index (χ1) is 24.2. The van der Waals surface area contributed by atoms with Gasteiger partial charge in [-0.05, 0) is 108 Å². The van der Waals surface area contributed by atoms with Gasteiger partial charge in [-0.15, -0.1) is 0 Å². The molecule has 0 aliphatic heterocycles. The lowest BCUT2D eigenvalue weighted by Crippen LogP contribution is -2.37. The van der Waals surface area contributed by atoms with Crippen LogP contribution in [-0.2, 0) is 17.4 Å². The Balaban J connectivity index is 1.14. The van der Waals surface area contributed by atoms with Crippen molar-refractivity contribution in [3.05, 3.63) is 130 Å². The van der Waals surface area contributed by atoms with Gasteiger partial charge in [-0.1, -0.05) is 76.2 Å². The van der Waals surface area contributed by atoms with Crippen molar-refractivity contribution in [3.63, 3.8) is 0 Å². The average molecular weight is 688 g/mol. The molecule has 0 heterocycles. The standard InChI is InChI=1S/C43H49N3O5/c1-42(2)22-23-43(3,4)37-26-33(18-21-36(37)42)46(39(47)31-14-16-32(17-15-31)40(48)49)28-29-12-19-34(20-13-29)51-41(50)45(6)25-24-44(5)38-27-35(38)30-10-8-7-9-11-30/h7-21,26,35,38H,22-25,27-28H2,1-6H3,(H,48,49). The second-order valence-electron chi connectivity index (χ2n) is 15.5. The number of carbonyl (C=O) groups is 3. The van der Waals surface area contributed by atoms with Crippen LogP contribution < -0.4 is 9.64 Å². The zero-order valence-corrected chi connectivity index (χ0v) is 30.6. The Hall–Kier alpha value is -4.95. The fourth-order valence-corrected chi connectivity index (χ4v) is 7.25. The second kappa shape index (κ2) is 14.3. The first-order valence-corrected chi connectivity index (χ1v) is 17.8. The minimum absolute atomic E-state index is 0.0325. The molecular formula is C43H49N3O5. The molecule has 2 unspecified atom stereocenters. The number of ether oxygens (including phenoxy) is 1. The molecule has 8 nitrogen and oxygen atoms in total. The number of carboxylic acid groups (broad SMARTS) is 1. The number of amides is 2. The minimum atomic E-state index is -1.04. The molecule has 2 amide bonds. The molecule has 2 aliphatic carbocycles. The van der Waals surface area contributed by atoms with E-state index in [0.717, 1.165) is 37.1 Å². The highest BCUT2D eigenvalue weighted by molar-refractivity contribution is 6.06. The van der Waals surface area contributed by atoms with Crippen molar-refractivity contribution in [2.24, 2.45) is 0 Å². The van der Waals surface area contributed by atoms with E-state index >= 15 is 0 Å². The topological polar surface area (TPSA) is 90.4 Å². The average Bonchev–Trinajstić information content (AvgIpc) is 3.93. The van der Waals surface area contributed by atoms with Crippen molar-refractivity contribution in [1.82, 2.24) is 9.80 Å². The van der Waals surface area contributed by atoms with E-state index in [9.17, 15) is 19.5 Å². The summed E-state index contributed by atoms with van der Waals surface area (Å²) >= 11 is 0. The van der Waals surface area contributed by atoms with Crippen LogP contribution in [0.5, 0.6) is 5.75 Å². The molecule has 2 aliphatic rings.